The monoisotopic (exact) mass is 228 g/mol. The van der Waals surface area contributed by atoms with E-state index in [1.165, 1.54) is 6.42 Å². The zero-order valence-electron chi connectivity index (χ0n) is 11.1. The van der Waals surface area contributed by atoms with Gasteiger partial charge in [-0.2, -0.15) is 0 Å². The van der Waals surface area contributed by atoms with Crippen LogP contribution in [-0.2, 0) is 0 Å². The first-order valence-electron chi connectivity index (χ1n) is 6.57. The SMILES string of the molecule is CC(C)N(C)CCC1(CN)CCC(O)CC1. The van der Waals surface area contributed by atoms with Gasteiger partial charge in [0.2, 0.25) is 0 Å². The Morgan fingerprint density at radius 1 is 1.38 bits per heavy atom. The summed E-state index contributed by atoms with van der Waals surface area (Å²) in [5.74, 6) is 0. The molecule has 0 aromatic rings. The van der Waals surface area contributed by atoms with Gasteiger partial charge in [0, 0.05) is 6.04 Å². The standard InChI is InChI=1S/C13H28N2O/c1-11(2)15(3)9-8-13(10-14)6-4-12(16)5-7-13/h11-12,16H,4-10,14H2,1-3H3. The number of hydrogen-bond acceptors (Lipinski definition) is 3. The maximum absolute atomic E-state index is 9.55. The second-order valence-corrected chi connectivity index (χ2v) is 5.76. The predicted octanol–water partition coefficient (Wildman–Crippen LogP) is 1.60. The van der Waals surface area contributed by atoms with E-state index in [4.69, 9.17) is 5.73 Å². The second kappa shape index (κ2) is 5.99. The molecule has 3 N–H and O–H groups in total. The molecule has 0 spiro atoms. The van der Waals surface area contributed by atoms with Crippen molar-refractivity contribution in [2.45, 2.75) is 58.1 Å². The predicted molar refractivity (Wildman–Crippen MR) is 68.3 cm³/mol. The summed E-state index contributed by atoms with van der Waals surface area (Å²) in [6, 6.07) is 0.601. The van der Waals surface area contributed by atoms with Crippen molar-refractivity contribution >= 4 is 0 Å². The molecule has 0 amide bonds. The highest BCUT2D eigenvalue weighted by molar-refractivity contribution is 4.87. The van der Waals surface area contributed by atoms with Gasteiger partial charge < -0.3 is 15.7 Å². The fourth-order valence-corrected chi connectivity index (χ4v) is 2.44. The average Bonchev–Trinajstić information content (AvgIpc) is 2.28. The Morgan fingerprint density at radius 3 is 2.38 bits per heavy atom. The molecule has 0 atom stereocenters. The summed E-state index contributed by atoms with van der Waals surface area (Å²) in [5.41, 5.74) is 6.24. The zero-order valence-corrected chi connectivity index (χ0v) is 11.1. The summed E-state index contributed by atoms with van der Waals surface area (Å²) < 4.78 is 0. The largest absolute Gasteiger partial charge is 0.393 e. The van der Waals surface area contributed by atoms with Crippen LogP contribution in [0.5, 0.6) is 0 Å². The summed E-state index contributed by atoms with van der Waals surface area (Å²) in [6.45, 7) is 6.33. The van der Waals surface area contributed by atoms with Gasteiger partial charge in [0.15, 0.2) is 0 Å². The topological polar surface area (TPSA) is 49.5 Å². The van der Waals surface area contributed by atoms with Gasteiger partial charge in [0.05, 0.1) is 6.10 Å². The van der Waals surface area contributed by atoms with Crippen LogP contribution in [0, 0.1) is 5.41 Å². The quantitative estimate of drug-likeness (QED) is 0.751. The van der Waals surface area contributed by atoms with E-state index in [2.05, 4.69) is 25.8 Å². The van der Waals surface area contributed by atoms with E-state index in [0.29, 0.717) is 11.5 Å². The number of aliphatic hydroxyl groups excluding tert-OH is 1. The molecule has 0 unspecified atom stereocenters. The normalized spacial score (nSPS) is 31.3. The number of hydrogen-bond donors (Lipinski definition) is 2. The van der Waals surface area contributed by atoms with Gasteiger partial charge in [0.25, 0.3) is 0 Å². The Kier molecular flexibility index (Phi) is 5.22. The lowest BCUT2D eigenvalue weighted by Crippen LogP contribution is -2.40. The minimum Gasteiger partial charge on any atom is -0.393 e. The van der Waals surface area contributed by atoms with E-state index in [1.807, 2.05) is 0 Å². The summed E-state index contributed by atoms with van der Waals surface area (Å²) in [4.78, 5) is 2.38. The fraction of sp³-hybridized carbons (Fsp3) is 1.00. The molecule has 1 rings (SSSR count). The summed E-state index contributed by atoms with van der Waals surface area (Å²) in [6.07, 6.45) is 5.14. The van der Waals surface area contributed by atoms with E-state index in [1.54, 1.807) is 0 Å². The minimum atomic E-state index is -0.0810. The molecule has 3 nitrogen and oxygen atoms in total. The number of aliphatic hydroxyl groups is 1. The summed E-state index contributed by atoms with van der Waals surface area (Å²) in [7, 11) is 2.17. The van der Waals surface area contributed by atoms with Gasteiger partial charge in [-0.25, -0.2) is 0 Å². The maximum atomic E-state index is 9.55. The van der Waals surface area contributed by atoms with Crippen molar-refractivity contribution in [1.82, 2.24) is 4.90 Å². The van der Waals surface area contributed by atoms with Gasteiger partial charge in [-0.05, 0) is 71.5 Å². The average molecular weight is 228 g/mol. The molecule has 1 saturated carbocycles. The number of nitrogens with zero attached hydrogens (tertiary/aromatic N) is 1. The van der Waals surface area contributed by atoms with Crippen LogP contribution in [0.25, 0.3) is 0 Å². The minimum absolute atomic E-state index is 0.0810. The smallest absolute Gasteiger partial charge is 0.0540 e. The van der Waals surface area contributed by atoms with Crippen LogP contribution in [0.15, 0.2) is 0 Å². The lowest BCUT2D eigenvalue weighted by molar-refractivity contribution is 0.0548. The Balaban J connectivity index is 2.42. The van der Waals surface area contributed by atoms with Crippen LogP contribution >= 0.6 is 0 Å². The molecule has 1 fully saturated rings. The molecule has 0 radical (unpaired) electrons. The van der Waals surface area contributed by atoms with Gasteiger partial charge in [-0.15, -0.1) is 0 Å². The van der Waals surface area contributed by atoms with Crippen LogP contribution < -0.4 is 5.73 Å². The van der Waals surface area contributed by atoms with Crippen LogP contribution in [0.4, 0.5) is 0 Å². The third-order valence-corrected chi connectivity index (χ3v) is 4.33. The van der Waals surface area contributed by atoms with Gasteiger partial charge in [-0.1, -0.05) is 0 Å². The Morgan fingerprint density at radius 2 is 1.94 bits per heavy atom. The van der Waals surface area contributed by atoms with E-state index in [-0.39, 0.29) is 6.10 Å². The molecule has 16 heavy (non-hydrogen) atoms. The lowest BCUT2D eigenvalue weighted by atomic mass is 9.71. The molecule has 0 saturated heterocycles. The molecular formula is C13H28N2O. The van der Waals surface area contributed by atoms with Crippen LogP contribution in [0.1, 0.15) is 46.0 Å². The first-order valence-corrected chi connectivity index (χ1v) is 6.57. The Bertz CT molecular complexity index is 198. The van der Waals surface area contributed by atoms with Crippen LogP contribution in [0.3, 0.4) is 0 Å². The molecule has 1 aliphatic rings. The van der Waals surface area contributed by atoms with Gasteiger partial charge in [0.1, 0.15) is 0 Å². The Hall–Kier alpha value is -0.120. The van der Waals surface area contributed by atoms with E-state index in [0.717, 1.165) is 38.8 Å². The summed E-state index contributed by atoms with van der Waals surface area (Å²) >= 11 is 0. The van der Waals surface area contributed by atoms with E-state index in [9.17, 15) is 5.11 Å². The molecule has 96 valence electrons. The van der Waals surface area contributed by atoms with Crippen molar-refractivity contribution in [3.8, 4) is 0 Å². The molecule has 0 aromatic heterocycles. The third-order valence-electron chi connectivity index (χ3n) is 4.33. The number of rotatable bonds is 5. The molecule has 0 bridgehead atoms. The van der Waals surface area contributed by atoms with Crippen LogP contribution in [0.2, 0.25) is 0 Å². The number of nitrogens with two attached hydrogens (primary N) is 1. The molecule has 3 heteroatoms. The highest BCUT2D eigenvalue weighted by Gasteiger charge is 2.33. The van der Waals surface area contributed by atoms with Crippen molar-refractivity contribution in [3.05, 3.63) is 0 Å². The molecule has 0 heterocycles. The first-order chi connectivity index (χ1) is 7.49. The highest BCUT2D eigenvalue weighted by Crippen LogP contribution is 2.38. The van der Waals surface area contributed by atoms with Crippen molar-refractivity contribution in [2.24, 2.45) is 11.1 Å². The molecule has 0 aliphatic heterocycles. The van der Waals surface area contributed by atoms with Gasteiger partial charge >= 0.3 is 0 Å². The maximum Gasteiger partial charge on any atom is 0.0540 e. The van der Waals surface area contributed by atoms with Crippen molar-refractivity contribution in [2.75, 3.05) is 20.1 Å². The molecule has 0 aromatic carbocycles. The van der Waals surface area contributed by atoms with Crippen molar-refractivity contribution < 1.29 is 5.11 Å². The van der Waals surface area contributed by atoms with Gasteiger partial charge in [-0.3, -0.25) is 0 Å². The lowest BCUT2D eigenvalue weighted by Gasteiger charge is -2.39. The van der Waals surface area contributed by atoms with E-state index >= 15 is 0 Å². The highest BCUT2D eigenvalue weighted by atomic mass is 16.3. The molecular weight excluding hydrogens is 200 g/mol. The third kappa shape index (κ3) is 3.72. The Labute approximate surface area is 100 Å². The van der Waals surface area contributed by atoms with Crippen LogP contribution in [-0.4, -0.2) is 42.3 Å². The summed E-state index contributed by atoms with van der Waals surface area (Å²) in [5, 5.41) is 9.55. The molecule has 1 aliphatic carbocycles. The fourth-order valence-electron chi connectivity index (χ4n) is 2.44. The first kappa shape index (κ1) is 13.9. The van der Waals surface area contributed by atoms with E-state index < -0.39 is 0 Å². The second-order valence-electron chi connectivity index (χ2n) is 5.76. The van der Waals surface area contributed by atoms with Crippen molar-refractivity contribution in [1.29, 1.82) is 0 Å². The zero-order chi connectivity index (χ0) is 12.2. The van der Waals surface area contributed by atoms with Crippen molar-refractivity contribution in [3.63, 3.8) is 0 Å².